The van der Waals surface area contributed by atoms with Crippen LogP contribution in [-0.4, -0.2) is 24.0 Å². The molecule has 28 heavy (non-hydrogen) atoms. The molecule has 1 aromatic heterocycles. The number of hydrogen-bond acceptors (Lipinski definition) is 3. The van der Waals surface area contributed by atoms with Crippen molar-refractivity contribution < 1.29 is 9.18 Å². The number of carbonyl (C=O) groups is 1. The molecule has 0 aliphatic carbocycles. The second kappa shape index (κ2) is 9.65. The highest BCUT2D eigenvalue weighted by molar-refractivity contribution is 5.94. The topological polar surface area (TPSA) is 45.2 Å². The summed E-state index contributed by atoms with van der Waals surface area (Å²) >= 11 is 0. The summed E-state index contributed by atoms with van der Waals surface area (Å²) in [5.74, 6) is -0.457. The minimum Gasteiger partial charge on any atom is -0.366 e. The van der Waals surface area contributed by atoms with Crippen molar-refractivity contribution in [2.75, 3.05) is 18.0 Å². The molecule has 0 atom stereocenters. The maximum atomic E-state index is 13.7. The van der Waals surface area contributed by atoms with Gasteiger partial charge in [0.1, 0.15) is 5.82 Å². The molecule has 0 unspecified atom stereocenters. The van der Waals surface area contributed by atoms with E-state index in [0.29, 0.717) is 24.1 Å². The molecule has 0 saturated carbocycles. The second-order valence-corrected chi connectivity index (χ2v) is 6.53. The van der Waals surface area contributed by atoms with Crippen LogP contribution in [0, 0.1) is 5.82 Å². The molecule has 0 bridgehead atoms. The van der Waals surface area contributed by atoms with E-state index < -0.39 is 0 Å². The zero-order valence-corrected chi connectivity index (χ0v) is 15.9. The summed E-state index contributed by atoms with van der Waals surface area (Å²) in [7, 11) is 0. The lowest BCUT2D eigenvalue weighted by Gasteiger charge is -2.23. The average Bonchev–Trinajstić information content (AvgIpc) is 2.74. The van der Waals surface area contributed by atoms with Crippen LogP contribution in [-0.2, 0) is 13.0 Å². The van der Waals surface area contributed by atoms with Gasteiger partial charge in [0.2, 0.25) is 0 Å². The van der Waals surface area contributed by atoms with E-state index in [1.165, 1.54) is 11.6 Å². The summed E-state index contributed by atoms with van der Waals surface area (Å²) in [6, 6.07) is 18.6. The van der Waals surface area contributed by atoms with Crippen LogP contribution >= 0.6 is 0 Å². The number of anilines is 1. The molecule has 0 saturated heterocycles. The Balaban J connectivity index is 1.62. The third-order valence-corrected chi connectivity index (χ3v) is 4.59. The number of nitrogens with zero attached hydrogens (tertiary/aromatic N) is 2. The molecule has 0 radical (unpaired) electrons. The highest BCUT2D eigenvalue weighted by Gasteiger charge is 2.11. The van der Waals surface area contributed by atoms with Crippen LogP contribution in [0.1, 0.15) is 28.4 Å². The fourth-order valence-corrected chi connectivity index (χ4v) is 3.03. The van der Waals surface area contributed by atoms with Crippen LogP contribution in [0.4, 0.5) is 10.1 Å². The maximum absolute atomic E-state index is 13.7. The third-order valence-electron chi connectivity index (χ3n) is 4.59. The van der Waals surface area contributed by atoms with E-state index in [0.717, 1.165) is 18.8 Å². The van der Waals surface area contributed by atoms with Gasteiger partial charge in [0.05, 0.1) is 17.4 Å². The summed E-state index contributed by atoms with van der Waals surface area (Å²) in [4.78, 5) is 18.9. The summed E-state index contributed by atoms with van der Waals surface area (Å²) in [6.07, 6.45) is 3.77. The van der Waals surface area contributed by atoms with Gasteiger partial charge >= 0.3 is 0 Å². The second-order valence-electron chi connectivity index (χ2n) is 6.53. The molecule has 3 rings (SSSR count). The summed E-state index contributed by atoms with van der Waals surface area (Å²) in [6.45, 7) is 3.99. The number of carbonyl (C=O) groups excluding carboxylic acids is 1. The SMILES string of the molecule is CCN(Cc1ccccc1)c1cncc(C(=O)NCCc2ccccc2F)c1. The summed E-state index contributed by atoms with van der Waals surface area (Å²) < 4.78 is 13.7. The van der Waals surface area contributed by atoms with E-state index in [1.54, 1.807) is 30.6 Å². The lowest BCUT2D eigenvalue weighted by molar-refractivity contribution is 0.0953. The van der Waals surface area contributed by atoms with Crippen LogP contribution in [0.25, 0.3) is 0 Å². The zero-order valence-electron chi connectivity index (χ0n) is 15.9. The van der Waals surface area contributed by atoms with Gasteiger partial charge in [-0.05, 0) is 36.6 Å². The van der Waals surface area contributed by atoms with Crippen LogP contribution in [0.2, 0.25) is 0 Å². The molecule has 4 nitrogen and oxygen atoms in total. The lowest BCUT2D eigenvalue weighted by Crippen LogP contribution is -2.27. The molecule has 2 aromatic carbocycles. The molecule has 0 aliphatic rings. The van der Waals surface area contributed by atoms with Crippen LogP contribution < -0.4 is 10.2 Å². The van der Waals surface area contributed by atoms with E-state index in [2.05, 4.69) is 34.3 Å². The highest BCUT2D eigenvalue weighted by atomic mass is 19.1. The predicted octanol–water partition coefficient (Wildman–Crippen LogP) is 4.22. The number of rotatable bonds is 8. The number of hydrogen-bond donors (Lipinski definition) is 1. The Labute approximate surface area is 165 Å². The Bertz CT molecular complexity index is 914. The minimum atomic E-state index is -0.250. The maximum Gasteiger partial charge on any atom is 0.252 e. The van der Waals surface area contributed by atoms with Crippen molar-refractivity contribution in [3.05, 3.63) is 95.6 Å². The zero-order chi connectivity index (χ0) is 19.8. The first-order chi connectivity index (χ1) is 13.7. The molecule has 1 heterocycles. The number of aromatic nitrogens is 1. The fourth-order valence-electron chi connectivity index (χ4n) is 3.03. The van der Waals surface area contributed by atoms with Gasteiger partial charge < -0.3 is 10.2 Å². The van der Waals surface area contributed by atoms with E-state index in [1.807, 2.05) is 24.3 Å². The number of nitrogens with one attached hydrogen (secondary N) is 1. The Kier molecular flexibility index (Phi) is 6.73. The molecule has 0 fully saturated rings. The molecule has 1 amide bonds. The molecule has 0 aliphatic heterocycles. The molecule has 3 aromatic rings. The summed E-state index contributed by atoms with van der Waals surface area (Å²) in [5, 5.41) is 2.84. The van der Waals surface area contributed by atoms with E-state index in [9.17, 15) is 9.18 Å². The number of pyridine rings is 1. The molecular formula is C23H24FN3O. The standard InChI is InChI=1S/C23H24FN3O/c1-2-27(17-18-8-4-3-5-9-18)21-14-20(15-25-16-21)23(28)26-13-12-19-10-6-7-11-22(19)24/h3-11,14-16H,2,12-13,17H2,1H3,(H,26,28). The molecule has 5 heteroatoms. The number of amides is 1. The van der Waals surface area contributed by atoms with Crippen LogP contribution in [0.3, 0.4) is 0 Å². The first-order valence-corrected chi connectivity index (χ1v) is 9.43. The minimum absolute atomic E-state index is 0.207. The predicted molar refractivity (Wildman–Crippen MR) is 110 cm³/mol. The van der Waals surface area contributed by atoms with Gasteiger partial charge in [-0.1, -0.05) is 48.5 Å². The Morgan fingerprint density at radius 1 is 1.07 bits per heavy atom. The van der Waals surface area contributed by atoms with Gasteiger partial charge in [-0.2, -0.15) is 0 Å². The van der Waals surface area contributed by atoms with Gasteiger partial charge in [0, 0.05) is 25.8 Å². The average molecular weight is 377 g/mol. The largest absolute Gasteiger partial charge is 0.366 e. The quantitative estimate of drug-likeness (QED) is 0.639. The monoisotopic (exact) mass is 377 g/mol. The van der Waals surface area contributed by atoms with Crippen molar-refractivity contribution in [3.63, 3.8) is 0 Å². The van der Waals surface area contributed by atoms with Crippen molar-refractivity contribution in [2.45, 2.75) is 19.9 Å². The molecule has 1 N–H and O–H groups in total. The van der Waals surface area contributed by atoms with Crippen molar-refractivity contribution in [1.82, 2.24) is 10.3 Å². The normalized spacial score (nSPS) is 10.5. The third kappa shape index (κ3) is 5.16. The fraction of sp³-hybridized carbons (Fsp3) is 0.217. The van der Waals surface area contributed by atoms with Gasteiger partial charge in [-0.3, -0.25) is 9.78 Å². The number of halogens is 1. The Morgan fingerprint density at radius 3 is 2.57 bits per heavy atom. The lowest BCUT2D eigenvalue weighted by atomic mass is 10.1. The van der Waals surface area contributed by atoms with Crippen molar-refractivity contribution >= 4 is 11.6 Å². The van der Waals surface area contributed by atoms with Crippen molar-refractivity contribution in [2.24, 2.45) is 0 Å². The molecule has 0 spiro atoms. The smallest absolute Gasteiger partial charge is 0.252 e. The van der Waals surface area contributed by atoms with Gasteiger partial charge in [-0.25, -0.2) is 4.39 Å². The van der Waals surface area contributed by atoms with E-state index in [-0.39, 0.29) is 11.7 Å². The summed E-state index contributed by atoms with van der Waals surface area (Å²) in [5.41, 5.74) is 3.18. The van der Waals surface area contributed by atoms with Crippen molar-refractivity contribution in [1.29, 1.82) is 0 Å². The van der Waals surface area contributed by atoms with Crippen LogP contribution in [0.5, 0.6) is 0 Å². The molecule has 144 valence electrons. The van der Waals surface area contributed by atoms with E-state index >= 15 is 0 Å². The van der Waals surface area contributed by atoms with Gasteiger partial charge in [0.15, 0.2) is 0 Å². The van der Waals surface area contributed by atoms with Gasteiger partial charge in [0.25, 0.3) is 5.91 Å². The van der Waals surface area contributed by atoms with Crippen LogP contribution in [0.15, 0.2) is 73.1 Å². The van der Waals surface area contributed by atoms with Crippen molar-refractivity contribution in [3.8, 4) is 0 Å². The number of benzene rings is 2. The highest BCUT2D eigenvalue weighted by Crippen LogP contribution is 2.17. The first kappa shape index (κ1) is 19.5. The molecular weight excluding hydrogens is 353 g/mol. The Hall–Kier alpha value is -3.21. The first-order valence-electron chi connectivity index (χ1n) is 9.43. The van der Waals surface area contributed by atoms with Gasteiger partial charge in [-0.15, -0.1) is 0 Å². The Morgan fingerprint density at radius 2 is 1.82 bits per heavy atom. The van der Waals surface area contributed by atoms with E-state index in [4.69, 9.17) is 0 Å².